The molecule has 0 amide bonds. The van der Waals surface area contributed by atoms with Gasteiger partial charge in [0, 0.05) is 0 Å². The van der Waals surface area contributed by atoms with Gasteiger partial charge in [0.05, 0.1) is 5.56 Å². The molecule has 2 nitrogen and oxygen atoms in total. The minimum Gasteiger partial charge on any atom is -0.507 e. The van der Waals surface area contributed by atoms with Crippen LogP contribution in [0, 0.1) is 12.8 Å². The molecule has 2 heteroatoms. The lowest BCUT2D eigenvalue weighted by Crippen LogP contribution is -2.36. The Morgan fingerprint density at radius 3 is 2.79 bits per heavy atom. The number of fused-ring (bicyclic) bond motifs is 2. The van der Waals surface area contributed by atoms with E-state index in [4.69, 9.17) is 4.74 Å². The predicted octanol–water partition coefficient (Wildman–Crippen LogP) is 4.45. The molecule has 1 aliphatic carbocycles. The van der Waals surface area contributed by atoms with Crippen LogP contribution in [0.2, 0.25) is 0 Å². The van der Waals surface area contributed by atoms with Crippen LogP contribution in [-0.4, -0.2) is 10.7 Å². The quantitative estimate of drug-likeness (QED) is 0.745. The van der Waals surface area contributed by atoms with Gasteiger partial charge in [-0.05, 0) is 74.8 Å². The maximum Gasteiger partial charge on any atom is 0.132 e. The number of phenols is 1. The summed E-state index contributed by atoms with van der Waals surface area (Å²) in [6.45, 7) is 8.56. The maximum absolute atomic E-state index is 10.3. The summed E-state index contributed by atoms with van der Waals surface area (Å²) >= 11 is 0. The van der Waals surface area contributed by atoms with E-state index >= 15 is 0 Å². The fraction of sp³-hybridized carbons (Fsp3) is 0.529. The van der Waals surface area contributed by atoms with Crippen LogP contribution in [0.25, 0.3) is 5.57 Å². The van der Waals surface area contributed by atoms with Crippen LogP contribution in [0.4, 0.5) is 0 Å². The van der Waals surface area contributed by atoms with E-state index in [0.29, 0.717) is 11.7 Å². The highest BCUT2D eigenvalue weighted by atomic mass is 16.5. The summed E-state index contributed by atoms with van der Waals surface area (Å²) in [4.78, 5) is 0. The van der Waals surface area contributed by atoms with Crippen molar-refractivity contribution in [3.05, 3.63) is 28.8 Å². The molecule has 1 atom stereocenters. The predicted molar refractivity (Wildman–Crippen MR) is 77.5 cm³/mol. The van der Waals surface area contributed by atoms with Crippen LogP contribution >= 0.6 is 0 Å². The molecule has 2 aliphatic rings. The number of phenolic OH excluding ortho intramolecular Hbond substituents is 1. The standard InChI is InChI=1S/C17H22O2/c1-10-5-6-13-12(7-10)16-14(18)8-11(2)9-15(16)19-17(13,3)4/h8-10,18H,5-7H2,1-4H3/t10-/m0/s1. The third-order valence-corrected chi connectivity index (χ3v) is 4.42. The number of allylic oxidation sites excluding steroid dienone is 1. The molecule has 0 saturated heterocycles. The van der Waals surface area contributed by atoms with E-state index in [1.165, 1.54) is 17.6 Å². The monoisotopic (exact) mass is 258 g/mol. The summed E-state index contributed by atoms with van der Waals surface area (Å²) in [5.41, 5.74) is 4.43. The normalized spacial score (nSPS) is 24.5. The first-order valence-corrected chi connectivity index (χ1v) is 7.14. The van der Waals surface area contributed by atoms with Gasteiger partial charge in [0.25, 0.3) is 0 Å². The lowest BCUT2D eigenvalue weighted by Gasteiger charge is -2.41. The third kappa shape index (κ3) is 1.94. The van der Waals surface area contributed by atoms with Gasteiger partial charge < -0.3 is 9.84 Å². The molecule has 0 spiro atoms. The Kier molecular flexibility index (Phi) is 2.67. The lowest BCUT2D eigenvalue weighted by atomic mass is 9.74. The highest BCUT2D eigenvalue weighted by Crippen LogP contribution is 2.51. The van der Waals surface area contributed by atoms with Gasteiger partial charge in [0.15, 0.2) is 0 Å². The van der Waals surface area contributed by atoms with Gasteiger partial charge in [-0.25, -0.2) is 0 Å². The van der Waals surface area contributed by atoms with Crippen molar-refractivity contribution >= 4 is 5.57 Å². The van der Waals surface area contributed by atoms with Crippen LogP contribution < -0.4 is 4.74 Å². The van der Waals surface area contributed by atoms with E-state index in [-0.39, 0.29) is 5.60 Å². The Morgan fingerprint density at radius 2 is 2.05 bits per heavy atom. The Bertz CT molecular complexity index is 567. The summed E-state index contributed by atoms with van der Waals surface area (Å²) < 4.78 is 6.17. The van der Waals surface area contributed by atoms with Gasteiger partial charge in [0.1, 0.15) is 17.1 Å². The molecule has 0 fully saturated rings. The largest absolute Gasteiger partial charge is 0.507 e. The topological polar surface area (TPSA) is 29.5 Å². The molecule has 1 heterocycles. The molecule has 0 aromatic heterocycles. The van der Waals surface area contributed by atoms with E-state index in [1.807, 2.05) is 19.1 Å². The second-order valence-corrected chi connectivity index (χ2v) is 6.57. The Balaban J connectivity index is 2.24. The number of hydrogen-bond acceptors (Lipinski definition) is 2. The van der Waals surface area contributed by atoms with Crippen LogP contribution in [0.1, 0.15) is 51.2 Å². The van der Waals surface area contributed by atoms with E-state index in [9.17, 15) is 5.11 Å². The van der Waals surface area contributed by atoms with Crippen molar-refractivity contribution in [2.75, 3.05) is 0 Å². The van der Waals surface area contributed by atoms with Crippen molar-refractivity contribution in [1.29, 1.82) is 0 Å². The van der Waals surface area contributed by atoms with Crippen LogP contribution in [0.5, 0.6) is 11.5 Å². The van der Waals surface area contributed by atoms with Gasteiger partial charge in [-0.1, -0.05) is 6.92 Å². The van der Waals surface area contributed by atoms with Crippen molar-refractivity contribution in [3.8, 4) is 11.5 Å². The Morgan fingerprint density at radius 1 is 1.32 bits per heavy atom. The molecule has 1 aromatic carbocycles. The summed E-state index contributed by atoms with van der Waals surface area (Å²) in [7, 11) is 0. The molecule has 1 N–H and O–H groups in total. The minimum atomic E-state index is -0.247. The number of rotatable bonds is 0. The highest BCUT2D eigenvalue weighted by molar-refractivity contribution is 5.81. The fourth-order valence-electron chi connectivity index (χ4n) is 3.49. The molecule has 1 aliphatic heterocycles. The molecule has 3 rings (SSSR count). The first-order valence-electron chi connectivity index (χ1n) is 7.14. The molecule has 19 heavy (non-hydrogen) atoms. The Hall–Kier alpha value is -1.44. The number of aromatic hydroxyl groups is 1. The SMILES string of the molecule is Cc1cc(O)c2c(c1)OC(C)(C)C1=C2C[C@@H](C)CC1. The van der Waals surface area contributed by atoms with E-state index in [2.05, 4.69) is 20.8 Å². The van der Waals surface area contributed by atoms with Gasteiger partial charge in [-0.2, -0.15) is 0 Å². The Labute approximate surface area is 115 Å². The minimum absolute atomic E-state index is 0.247. The number of aryl methyl sites for hydroxylation is 1. The molecule has 0 radical (unpaired) electrons. The molecule has 0 unspecified atom stereocenters. The molecule has 1 aromatic rings. The van der Waals surface area contributed by atoms with Crippen LogP contribution in [0.3, 0.4) is 0 Å². The lowest BCUT2D eigenvalue weighted by molar-refractivity contribution is 0.135. The zero-order valence-corrected chi connectivity index (χ0v) is 12.2. The second-order valence-electron chi connectivity index (χ2n) is 6.57. The third-order valence-electron chi connectivity index (χ3n) is 4.42. The molecule has 0 bridgehead atoms. The number of benzene rings is 1. The van der Waals surface area contributed by atoms with E-state index < -0.39 is 0 Å². The van der Waals surface area contributed by atoms with Crippen LogP contribution in [-0.2, 0) is 0 Å². The van der Waals surface area contributed by atoms with Crippen LogP contribution in [0.15, 0.2) is 17.7 Å². The second kappa shape index (κ2) is 4.03. The van der Waals surface area contributed by atoms with Crippen molar-refractivity contribution in [1.82, 2.24) is 0 Å². The summed E-state index contributed by atoms with van der Waals surface area (Å²) in [5.74, 6) is 1.89. The van der Waals surface area contributed by atoms with Crippen molar-refractivity contribution < 1.29 is 9.84 Å². The van der Waals surface area contributed by atoms with Crippen molar-refractivity contribution in [3.63, 3.8) is 0 Å². The van der Waals surface area contributed by atoms with Gasteiger partial charge in [-0.3, -0.25) is 0 Å². The van der Waals surface area contributed by atoms with Crippen molar-refractivity contribution in [2.24, 2.45) is 5.92 Å². The number of hydrogen-bond donors (Lipinski definition) is 1. The average molecular weight is 258 g/mol. The summed E-state index contributed by atoms with van der Waals surface area (Å²) in [6.07, 6.45) is 3.34. The molecule has 0 saturated carbocycles. The molecular formula is C17H22O2. The van der Waals surface area contributed by atoms with Crippen molar-refractivity contribution in [2.45, 2.75) is 52.6 Å². The van der Waals surface area contributed by atoms with E-state index in [1.54, 1.807) is 0 Å². The zero-order chi connectivity index (χ0) is 13.8. The maximum atomic E-state index is 10.3. The molecule has 102 valence electrons. The fourth-order valence-corrected chi connectivity index (χ4v) is 3.49. The van der Waals surface area contributed by atoms with Gasteiger partial charge >= 0.3 is 0 Å². The first-order chi connectivity index (χ1) is 8.88. The zero-order valence-electron chi connectivity index (χ0n) is 12.2. The molecular weight excluding hydrogens is 236 g/mol. The van der Waals surface area contributed by atoms with Gasteiger partial charge in [0.2, 0.25) is 0 Å². The summed E-state index contributed by atoms with van der Waals surface area (Å²) in [6, 6.07) is 3.88. The van der Waals surface area contributed by atoms with Gasteiger partial charge in [-0.15, -0.1) is 0 Å². The number of ether oxygens (including phenoxy) is 1. The first kappa shape index (κ1) is 12.6. The average Bonchev–Trinajstić information content (AvgIpc) is 2.25. The summed E-state index contributed by atoms with van der Waals surface area (Å²) in [5, 5.41) is 10.3. The highest BCUT2D eigenvalue weighted by Gasteiger charge is 2.38. The smallest absolute Gasteiger partial charge is 0.132 e. The van der Waals surface area contributed by atoms with E-state index in [0.717, 1.165) is 29.7 Å².